The van der Waals surface area contributed by atoms with Gasteiger partial charge in [0.15, 0.2) is 6.04 Å². The number of pyridine rings is 1. The third kappa shape index (κ3) is 3.46. The Morgan fingerprint density at radius 3 is 2.90 bits per heavy atom. The van der Waals surface area contributed by atoms with Crippen molar-refractivity contribution in [1.29, 1.82) is 0 Å². The SMILES string of the molecule is COC(=O)C1COCCN1c1ncc(Br)cc1C(F)(F)F. The molecule has 1 aromatic rings. The topological polar surface area (TPSA) is 51.7 Å². The first-order valence-corrected chi connectivity index (χ1v) is 6.79. The van der Waals surface area contributed by atoms with Crippen LogP contribution in [0.2, 0.25) is 0 Å². The number of hydrogen-bond acceptors (Lipinski definition) is 5. The average Bonchev–Trinajstić information content (AvgIpc) is 2.45. The summed E-state index contributed by atoms with van der Waals surface area (Å²) in [5, 5.41) is 0. The second-order valence-corrected chi connectivity index (χ2v) is 5.25. The molecule has 0 aliphatic carbocycles. The minimum Gasteiger partial charge on any atom is -0.467 e. The van der Waals surface area contributed by atoms with E-state index in [1.807, 2.05) is 0 Å². The van der Waals surface area contributed by atoms with E-state index in [1.54, 1.807) is 0 Å². The van der Waals surface area contributed by atoms with Crippen LogP contribution in [0.25, 0.3) is 0 Å². The van der Waals surface area contributed by atoms with Gasteiger partial charge in [-0.15, -0.1) is 0 Å². The Morgan fingerprint density at radius 2 is 2.29 bits per heavy atom. The zero-order valence-corrected chi connectivity index (χ0v) is 12.6. The van der Waals surface area contributed by atoms with Crippen LogP contribution >= 0.6 is 15.9 Å². The van der Waals surface area contributed by atoms with E-state index in [0.29, 0.717) is 0 Å². The molecule has 116 valence electrons. The van der Waals surface area contributed by atoms with Gasteiger partial charge in [-0.3, -0.25) is 0 Å². The van der Waals surface area contributed by atoms with Crippen molar-refractivity contribution in [1.82, 2.24) is 4.98 Å². The maximum absolute atomic E-state index is 13.2. The van der Waals surface area contributed by atoms with Gasteiger partial charge in [0.05, 0.1) is 25.9 Å². The lowest BCUT2D eigenvalue weighted by atomic mass is 10.1. The standard InChI is InChI=1S/C12H12BrF3N2O3/c1-20-11(19)9-6-21-3-2-18(9)10-8(12(14,15)16)4-7(13)5-17-10/h4-5,9H,2-3,6H2,1H3. The molecule has 0 radical (unpaired) electrons. The van der Waals surface area contributed by atoms with E-state index in [9.17, 15) is 18.0 Å². The lowest BCUT2D eigenvalue weighted by molar-refractivity contribution is -0.145. The molecule has 21 heavy (non-hydrogen) atoms. The number of alkyl halides is 3. The molecule has 1 saturated heterocycles. The first kappa shape index (κ1) is 16.0. The van der Waals surface area contributed by atoms with Gasteiger partial charge in [0, 0.05) is 17.2 Å². The molecule has 1 unspecified atom stereocenters. The van der Waals surface area contributed by atoms with E-state index in [0.717, 1.165) is 6.07 Å². The molecule has 0 saturated carbocycles. The Labute approximate surface area is 127 Å². The third-order valence-electron chi connectivity index (χ3n) is 3.01. The first-order chi connectivity index (χ1) is 9.84. The fourth-order valence-corrected chi connectivity index (χ4v) is 2.39. The highest BCUT2D eigenvalue weighted by Gasteiger charge is 2.40. The van der Waals surface area contributed by atoms with Crippen molar-refractivity contribution in [2.75, 3.05) is 31.8 Å². The lowest BCUT2D eigenvalue weighted by Crippen LogP contribution is -2.51. The summed E-state index contributed by atoms with van der Waals surface area (Å²) in [6.07, 6.45) is -3.32. The monoisotopic (exact) mass is 368 g/mol. The summed E-state index contributed by atoms with van der Waals surface area (Å²) in [5.74, 6) is -0.961. The van der Waals surface area contributed by atoms with E-state index >= 15 is 0 Å². The third-order valence-corrected chi connectivity index (χ3v) is 3.45. The van der Waals surface area contributed by atoms with Crippen LogP contribution in [0.15, 0.2) is 16.7 Å². The fraction of sp³-hybridized carbons (Fsp3) is 0.500. The van der Waals surface area contributed by atoms with Crippen LogP contribution in [0.1, 0.15) is 5.56 Å². The normalized spacial score (nSPS) is 19.5. The molecule has 1 aromatic heterocycles. The number of methoxy groups -OCH3 is 1. The zero-order chi connectivity index (χ0) is 15.6. The van der Waals surface area contributed by atoms with Crippen molar-refractivity contribution in [2.24, 2.45) is 0 Å². The number of aromatic nitrogens is 1. The summed E-state index contributed by atoms with van der Waals surface area (Å²) in [5.41, 5.74) is -0.910. The zero-order valence-electron chi connectivity index (χ0n) is 11.0. The highest BCUT2D eigenvalue weighted by molar-refractivity contribution is 9.10. The molecule has 0 amide bonds. The highest BCUT2D eigenvalue weighted by Crippen LogP contribution is 2.37. The van der Waals surface area contributed by atoms with Gasteiger partial charge >= 0.3 is 12.1 Å². The van der Waals surface area contributed by atoms with Gasteiger partial charge < -0.3 is 14.4 Å². The number of anilines is 1. The van der Waals surface area contributed by atoms with Crippen LogP contribution in [0.4, 0.5) is 19.0 Å². The van der Waals surface area contributed by atoms with Gasteiger partial charge in [-0.2, -0.15) is 13.2 Å². The van der Waals surface area contributed by atoms with E-state index in [1.165, 1.54) is 18.2 Å². The highest BCUT2D eigenvalue weighted by atomic mass is 79.9. The van der Waals surface area contributed by atoms with Crippen molar-refractivity contribution in [3.05, 3.63) is 22.3 Å². The van der Waals surface area contributed by atoms with Crippen molar-refractivity contribution in [3.63, 3.8) is 0 Å². The number of nitrogens with zero attached hydrogens (tertiary/aromatic N) is 2. The number of morpholine rings is 1. The molecule has 1 fully saturated rings. The summed E-state index contributed by atoms with van der Waals surface area (Å²) >= 11 is 2.97. The molecule has 1 aliphatic rings. The number of carbonyl (C=O) groups is 1. The molecule has 5 nitrogen and oxygen atoms in total. The lowest BCUT2D eigenvalue weighted by Gasteiger charge is -2.35. The summed E-state index contributed by atoms with van der Waals surface area (Å²) in [4.78, 5) is 16.8. The molecule has 1 aliphatic heterocycles. The Bertz CT molecular complexity index is 539. The predicted octanol–water partition coefficient (Wildman–Crippen LogP) is 2.24. The minimum absolute atomic E-state index is 0.0400. The molecular weight excluding hydrogens is 357 g/mol. The largest absolute Gasteiger partial charge is 0.467 e. The summed E-state index contributed by atoms with van der Waals surface area (Å²) in [7, 11) is 1.18. The van der Waals surface area contributed by atoms with Crippen LogP contribution in [0, 0.1) is 0 Å². The van der Waals surface area contributed by atoms with E-state index in [2.05, 4.69) is 25.7 Å². The number of rotatable bonds is 2. The smallest absolute Gasteiger partial charge is 0.419 e. The second-order valence-electron chi connectivity index (χ2n) is 4.33. The number of halogens is 4. The van der Waals surface area contributed by atoms with Crippen LogP contribution in [-0.4, -0.2) is 43.9 Å². The van der Waals surface area contributed by atoms with Crippen LogP contribution < -0.4 is 4.90 Å². The number of carbonyl (C=O) groups excluding carboxylic acids is 1. The second kappa shape index (κ2) is 6.18. The summed E-state index contributed by atoms with van der Waals surface area (Å²) in [6, 6.07) is -0.00917. The number of ether oxygens (including phenoxy) is 2. The molecule has 0 N–H and O–H groups in total. The van der Waals surface area contributed by atoms with Gasteiger partial charge in [-0.05, 0) is 22.0 Å². The van der Waals surface area contributed by atoms with Gasteiger partial charge in [-0.1, -0.05) is 0 Å². The minimum atomic E-state index is -4.58. The van der Waals surface area contributed by atoms with Gasteiger partial charge in [0.1, 0.15) is 5.82 Å². The quantitative estimate of drug-likeness (QED) is 0.749. The molecule has 2 heterocycles. The summed E-state index contributed by atoms with van der Waals surface area (Å²) in [6.45, 7) is 0.293. The van der Waals surface area contributed by atoms with Crippen LogP contribution in [0.5, 0.6) is 0 Å². The maximum atomic E-state index is 13.2. The Morgan fingerprint density at radius 1 is 1.57 bits per heavy atom. The van der Waals surface area contributed by atoms with Gasteiger partial charge in [0.25, 0.3) is 0 Å². The molecule has 2 rings (SSSR count). The Kier molecular flexibility index (Phi) is 4.72. The molecule has 0 aromatic carbocycles. The molecule has 0 spiro atoms. The molecular formula is C12H12BrF3N2O3. The van der Waals surface area contributed by atoms with Crippen molar-refractivity contribution in [3.8, 4) is 0 Å². The fourth-order valence-electron chi connectivity index (χ4n) is 2.06. The van der Waals surface area contributed by atoms with E-state index < -0.39 is 23.8 Å². The Balaban J connectivity index is 2.46. The number of hydrogen-bond donors (Lipinski definition) is 0. The van der Waals surface area contributed by atoms with Crippen molar-refractivity contribution >= 4 is 27.7 Å². The first-order valence-electron chi connectivity index (χ1n) is 5.99. The van der Waals surface area contributed by atoms with Crippen LogP contribution in [0.3, 0.4) is 0 Å². The van der Waals surface area contributed by atoms with Gasteiger partial charge in [0.2, 0.25) is 0 Å². The Hall–Kier alpha value is -1.35. The number of esters is 1. The van der Waals surface area contributed by atoms with Crippen molar-refractivity contribution in [2.45, 2.75) is 12.2 Å². The molecule has 9 heteroatoms. The molecule has 1 atom stereocenters. The maximum Gasteiger partial charge on any atom is 0.419 e. The van der Waals surface area contributed by atoms with Crippen LogP contribution in [-0.2, 0) is 20.4 Å². The van der Waals surface area contributed by atoms with E-state index in [-0.39, 0.29) is 30.0 Å². The molecule has 0 bridgehead atoms. The van der Waals surface area contributed by atoms with E-state index in [4.69, 9.17) is 4.74 Å². The summed E-state index contributed by atoms with van der Waals surface area (Å²) < 4.78 is 49.4. The van der Waals surface area contributed by atoms with Crippen molar-refractivity contribution < 1.29 is 27.4 Å². The average molecular weight is 369 g/mol. The predicted molar refractivity (Wildman–Crippen MR) is 70.9 cm³/mol. The van der Waals surface area contributed by atoms with Gasteiger partial charge in [-0.25, -0.2) is 9.78 Å².